The molecule has 1 amide bonds. The number of alkyl carbamates (subject to hydrolysis) is 1. The molecule has 6 nitrogen and oxygen atoms in total. The first-order valence-electron chi connectivity index (χ1n) is 9.22. The molecule has 1 N–H and O–H groups in total. The molecule has 0 saturated heterocycles. The summed E-state index contributed by atoms with van der Waals surface area (Å²) in [7, 11) is 0. The molecule has 0 bridgehead atoms. The number of nitrogens with zero attached hydrogens (tertiary/aromatic N) is 2. The Kier molecular flexibility index (Phi) is 6.73. The van der Waals surface area contributed by atoms with Gasteiger partial charge in [0.15, 0.2) is 0 Å². The van der Waals surface area contributed by atoms with Gasteiger partial charge in [0.2, 0.25) is 11.7 Å². The molecule has 0 saturated carbocycles. The number of carbonyl (C=O) groups is 1. The highest BCUT2D eigenvalue weighted by atomic mass is 19.1. The van der Waals surface area contributed by atoms with E-state index >= 15 is 0 Å². The van der Waals surface area contributed by atoms with Crippen molar-refractivity contribution >= 4 is 6.09 Å². The van der Waals surface area contributed by atoms with Crippen molar-refractivity contribution in [1.29, 1.82) is 0 Å². The number of nitrogens with one attached hydrogen (secondary N) is 1. The van der Waals surface area contributed by atoms with Crippen molar-refractivity contribution < 1.29 is 18.4 Å². The second-order valence-electron chi connectivity index (χ2n) is 6.34. The molecule has 0 radical (unpaired) electrons. The van der Waals surface area contributed by atoms with Crippen molar-refractivity contribution in [1.82, 2.24) is 15.5 Å². The number of hydrogen-bond acceptors (Lipinski definition) is 5. The van der Waals surface area contributed by atoms with Crippen LogP contribution in [0.2, 0.25) is 0 Å². The predicted molar refractivity (Wildman–Crippen MR) is 102 cm³/mol. The molecule has 0 aliphatic rings. The number of carbonyl (C=O) groups excluding carboxylic acids is 1. The van der Waals surface area contributed by atoms with Gasteiger partial charge in [0.1, 0.15) is 11.9 Å². The number of ether oxygens (including phenoxy) is 1. The van der Waals surface area contributed by atoms with Crippen LogP contribution < -0.4 is 5.32 Å². The van der Waals surface area contributed by atoms with Crippen LogP contribution in [0.4, 0.5) is 9.18 Å². The van der Waals surface area contributed by atoms with Crippen molar-refractivity contribution in [3.63, 3.8) is 0 Å². The lowest BCUT2D eigenvalue weighted by Gasteiger charge is -2.15. The minimum atomic E-state index is -0.564. The summed E-state index contributed by atoms with van der Waals surface area (Å²) in [6, 6.07) is 15.0. The van der Waals surface area contributed by atoms with E-state index in [2.05, 4.69) is 15.5 Å². The van der Waals surface area contributed by atoms with E-state index in [0.717, 1.165) is 18.4 Å². The Morgan fingerprint density at radius 2 is 2.04 bits per heavy atom. The summed E-state index contributed by atoms with van der Waals surface area (Å²) in [6.07, 6.45) is 1.64. The van der Waals surface area contributed by atoms with Crippen LogP contribution in [0.1, 0.15) is 37.3 Å². The highest BCUT2D eigenvalue weighted by Crippen LogP contribution is 2.22. The van der Waals surface area contributed by atoms with E-state index in [1.165, 1.54) is 12.1 Å². The van der Waals surface area contributed by atoms with Gasteiger partial charge in [-0.25, -0.2) is 9.18 Å². The quantitative estimate of drug-likeness (QED) is 0.571. The fraction of sp³-hybridized carbons (Fsp3) is 0.286. The molecule has 7 heteroatoms. The summed E-state index contributed by atoms with van der Waals surface area (Å²) in [6.45, 7) is 2.37. The van der Waals surface area contributed by atoms with Gasteiger partial charge in [-0.15, -0.1) is 0 Å². The van der Waals surface area contributed by atoms with E-state index in [0.29, 0.717) is 18.6 Å². The largest absolute Gasteiger partial charge is 0.450 e. The van der Waals surface area contributed by atoms with E-state index in [1.54, 1.807) is 12.1 Å². The van der Waals surface area contributed by atoms with E-state index < -0.39 is 12.1 Å². The Morgan fingerprint density at radius 3 is 2.79 bits per heavy atom. The maximum absolute atomic E-state index is 13.5. The topological polar surface area (TPSA) is 77.2 Å². The second-order valence-corrected chi connectivity index (χ2v) is 6.34. The molecular formula is C21H22FN3O3. The van der Waals surface area contributed by atoms with E-state index in [4.69, 9.17) is 9.26 Å². The van der Waals surface area contributed by atoms with Crippen LogP contribution in [0.5, 0.6) is 0 Å². The molecule has 0 aliphatic carbocycles. The zero-order valence-corrected chi connectivity index (χ0v) is 15.6. The van der Waals surface area contributed by atoms with Gasteiger partial charge in [0.25, 0.3) is 0 Å². The zero-order valence-electron chi connectivity index (χ0n) is 15.6. The average Bonchev–Trinajstić information content (AvgIpc) is 3.19. The Hall–Kier alpha value is -3.22. The SMILES string of the molecule is CCCCOC(=O)NC(Cc1ccccc1)c1nc(-c2cccc(F)c2)no1. The molecule has 1 heterocycles. The minimum Gasteiger partial charge on any atom is -0.450 e. The van der Waals surface area contributed by atoms with Crippen LogP contribution in [0, 0.1) is 5.82 Å². The van der Waals surface area contributed by atoms with Crippen LogP contribution in [-0.4, -0.2) is 22.8 Å². The number of unbranched alkanes of at least 4 members (excludes halogenated alkanes) is 1. The van der Waals surface area contributed by atoms with Crippen LogP contribution in [0.3, 0.4) is 0 Å². The lowest BCUT2D eigenvalue weighted by Crippen LogP contribution is -2.31. The monoisotopic (exact) mass is 383 g/mol. The highest BCUT2D eigenvalue weighted by molar-refractivity contribution is 5.67. The van der Waals surface area contributed by atoms with Crippen LogP contribution in [0.15, 0.2) is 59.1 Å². The maximum atomic E-state index is 13.5. The van der Waals surface area contributed by atoms with Gasteiger partial charge in [0, 0.05) is 12.0 Å². The van der Waals surface area contributed by atoms with Crippen molar-refractivity contribution in [2.45, 2.75) is 32.2 Å². The van der Waals surface area contributed by atoms with Crippen molar-refractivity contribution in [3.8, 4) is 11.4 Å². The Labute approximate surface area is 162 Å². The van der Waals surface area contributed by atoms with Gasteiger partial charge in [-0.05, 0) is 24.1 Å². The number of aromatic nitrogens is 2. The third kappa shape index (κ3) is 5.39. The first kappa shape index (κ1) is 19.5. The first-order chi connectivity index (χ1) is 13.7. The van der Waals surface area contributed by atoms with Crippen molar-refractivity contribution in [3.05, 3.63) is 71.9 Å². The molecule has 28 heavy (non-hydrogen) atoms. The van der Waals surface area contributed by atoms with Gasteiger partial charge in [0.05, 0.1) is 6.61 Å². The normalized spacial score (nSPS) is 11.8. The zero-order chi connectivity index (χ0) is 19.8. The van der Waals surface area contributed by atoms with Crippen LogP contribution >= 0.6 is 0 Å². The summed E-state index contributed by atoms with van der Waals surface area (Å²) < 4.78 is 24.0. The smallest absolute Gasteiger partial charge is 0.407 e. The van der Waals surface area contributed by atoms with Crippen LogP contribution in [-0.2, 0) is 11.2 Å². The third-order valence-electron chi connectivity index (χ3n) is 4.13. The molecule has 1 atom stereocenters. The molecule has 0 fully saturated rings. The van der Waals surface area contributed by atoms with Crippen molar-refractivity contribution in [2.75, 3.05) is 6.61 Å². The highest BCUT2D eigenvalue weighted by Gasteiger charge is 2.23. The standard InChI is InChI=1S/C21H22FN3O3/c1-2-3-12-27-21(26)23-18(13-15-8-5-4-6-9-15)20-24-19(25-28-20)16-10-7-11-17(22)14-16/h4-11,14,18H,2-3,12-13H2,1H3,(H,23,26). The van der Waals surface area contributed by atoms with Gasteiger partial charge in [-0.3, -0.25) is 0 Å². The van der Waals surface area contributed by atoms with Crippen LogP contribution in [0.25, 0.3) is 11.4 Å². The molecule has 0 spiro atoms. The molecule has 1 unspecified atom stereocenters. The lowest BCUT2D eigenvalue weighted by atomic mass is 10.1. The average molecular weight is 383 g/mol. The number of hydrogen-bond donors (Lipinski definition) is 1. The Morgan fingerprint density at radius 1 is 1.21 bits per heavy atom. The van der Waals surface area contributed by atoms with E-state index in [-0.39, 0.29) is 17.5 Å². The maximum Gasteiger partial charge on any atom is 0.407 e. The summed E-state index contributed by atoms with van der Waals surface area (Å²) in [5, 5.41) is 6.71. The first-order valence-corrected chi connectivity index (χ1v) is 9.22. The molecular weight excluding hydrogens is 361 g/mol. The summed E-state index contributed by atoms with van der Waals surface area (Å²) >= 11 is 0. The van der Waals surface area contributed by atoms with Gasteiger partial charge in [-0.1, -0.05) is 61.0 Å². The Bertz CT molecular complexity index is 899. The molecule has 0 aliphatic heterocycles. The van der Waals surface area contributed by atoms with E-state index in [1.807, 2.05) is 37.3 Å². The predicted octanol–water partition coefficient (Wildman–Crippen LogP) is 4.69. The van der Waals surface area contributed by atoms with Crippen molar-refractivity contribution in [2.24, 2.45) is 0 Å². The number of rotatable bonds is 8. The minimum absolute atomic E-state index is 0.232. The van der Waals surface area contributed by atoms with E-state index in [9.17, 15) is 9.18 Å². The van der Waals surface area contributed by atoms with Gasteiger partial charge in [-0.2, -0.15) is 4.98 Å². The fourth-order valence-corrected chi connectivity index (χ4v) is 2.66. The molecule has 2 aromatic carbocycles. The fourth-order valence-electron chi connectivity index (χ4n) is 2.66. The number of halogens is 1. The molecule has 146 valence electrons. The Balaban J connectivity index is 1.79. The van der Waals surface area contributed by atoms with Gasteiger partial charge < -0.3 is 14.6 Å². The second kappa shape index (κ2) is 9.64. The lowest BCUT2D eigenvalue weighted by molar-refractivity contribution is 0.138. The summed E-state index contributed by atoms with van der Waals surface area (Å²) in [5.41, 5.74) is 1.49. The number of amides is 1. The molecule has 1 aromatic heterocycles. The summed E-state index contributed by atoms with van der Waals surface area (Å²) in [5.74, 6) is 0.103. The molecule has 3 rings (SSSR count). The molecule has 3 aromatic rings. The third-order valence-corrected chi connectivity index (χ3v) is 4.13. The number of benzene rings is 2. The van der Waals surface area contributed by atoms with Gasteiger partial charge >= 0.3 is 6.09 Å². The summed E-state index contributed by atoms with van der Waals surface area (Å²) in [4.78, 5) is 16.5.